The Morgan fingerprint density at radius 3 is 2.54 bits per heavy atom. The summed E-state index contributed by atoms with van der Waals surface area (Å²) in [7, 11) is -3.48. The Bertz CT molecular complexity index is 871. The molecule has 0 unspecified atom stereocenters. The van der Waals surface area contributed by atoms with Crippen LogP contribution in [0.5, 0.6) is 0 Å². The van der Waals surface area contributed by atoms with Crippen molar-refractivity contribution in [1.29, 1.82) is 0 Å². The quantitative estimate of drug-likeness (QED) is 0.804. The first-order valence-electron chi connectivity index (χ1n) is 8.50. The third-order valence-electron chi connectivity index (χ3n) is 4.47. The van der Waals surface area contributed by atoms with Gasteiger partial charge in [-0.3, -0.25) is 0 Å². The second kappa shape index (κ2) is 7.77. The Hall–Kier alpha value is -1.90. The van der Waals surface area contributed by atoms with E-state index in [-0.39, 0.29) is 0 Å². The molecule has 2 aromatic rings. The number of hydrogen-bond donors (Lipinski definition) is 1. The molecule has 8 heteroatoms. The van der Waals surface area contributed by atoms with E-state index in [1.54, 1.807) is 12.3 Å². The van der Waals surface area contributed by atoms with Crippen molar-refractivity contribution in [3.8, 4) is 0 Å². The van der Waals surface area contributed by atoms with Crippen LogP contribution < -0.4 is 5.32 Å². The molecule has 140 valence electrons. The van der Waals surface area contributed by atoms with Gasteiger partial charge in [0.2, 0.25) is 10.0 Å². The van der Waals surface area contributed by atoms with Crippen LogP contribution in [0, 0.1) is 13.8 Å². The Labute approximate surface area is 159 Å². The highest BCUT2D eigenvalue weighted by Crippen LogP contribution is 2.22. The first-order valence-corrected chi connectivity index (χ1v) is 10.4. The molecule has 1 saturated heterocycles. The third kappa shape index (κ3) is 4.08. The summed E-state index contributed by atoms with van der Waals surface area (Å²) in [4.78, 5) is 2.38. The number of nitrogens with zero attached hydrogens (tertiary/aromatic N) is 2. The van der Waals surface area contributed by atoms with Crippen LogP contribution in [0.2, 0.25) is 0 Å². The van der Waals surface area contributed by atoms with Crippen LogP contribution in [-0.4, -0.2) is 48.9 Å². The van der Waals surface area contributed by atoms with Gasteiger partial charge in [0, 0.05) is 26.2 Å². The van der Waals surface area contributed by atoms with Gasteiger partial charge < -0.3 is 14.6 Å². The van der Waals surface area contributed by atoms with Gasteiger partial charge in [-0.05, 0) is 49.8 Å². The topological polar surface area (TPSA) is 65.8 Å². The maximum Gasteiger partial charge on any atom is 0.243 e. The lowest BCUT2D eigenvalue weighted by atomic mass is 10.2. The van der Waals surface area contributed by atoms with Gasteiger partial charge in [0.1, 0.15) is 5.76 Å². The lowest BCUT2D eigenvalue weighted by molar-refractivity contribution is 0.263. The molecular weight excluding hydrogens is 370 g/mol. The fourth-order valence-corrected chi connectivity index (χ4v) is 4.93. The van der Waals surface area contributed by atoms with Crippen molar-refractivity contribution in [2.75, 3.05) is 26.2 Å². The zero-order valence-corrected chi connectivity index (χ0v) is 16.6. The predicted octanol–water partition coefficient (Wildman–Crippen LogP) is 2.28. The van der Waals surface area contributed by atoms with Crippen molar-refractivity contribution < 1.29 is 12.8 Å². The summed E-state index contributed by atoms with van der Waals surface area (Å²) in [5.74, 6) is 0.809. The average Bonchev–Trinajstić information content (AvgIpc) is 3.13. The highest BCUT2D eigenvalue weighted by atomic mass is 32.2. The van der Waals surface area contributed by atoms with Crippen LogP contribution in [0.25, 0.3) is 0 Å². The second-order valence-corrected chi connectivity index (χ2v) is 8.69. The number of sulfonamides is 1. The van der Waals surface area contributed by atoms with Crippen LogP contribution >= 0.6 is 12.2 Å². The summed E-state index contributed by atoms with van der Waals surface area (Å²) in [5.41, 5.74) is 1.84. The predicted molar refractivity (Wildman–Crippen MR) is 104 cm³/mol. The van der Waals surface area contributed by atoms with E-state index in [4.69, 9.17) is 16.6 Å². The smallest absolute Gasteiger partial charge is 0.243 e. The van der Waals surface area contributed by atoms with Gasteiger partial charge in [-0.1, -0.05) is 17.7 Å². The summed E-state index contributed by atoms with van der Waals surface area (Å²) >= 11 is 5.41. The molecule has 3 rings (SSSR count). The molecule has 2 heterocycles. The molecule has 0 amide bonds. The summed E-state index contributed by atoms with van der Waals surface area (Å²) in [5, 5.41) is 3.77. The van der Waals surface area contributed by atoms with E-state index in [1.807, 2.05) is 43.0 Å². The summed E-state index contributed by atoms with van der Waals surface area (Å²) in [6.07, 6.45) is 1.62. The van der Waals surface area contributed by atoms with Crippen LogP contribution in [0.4, 0.5) is 0 Å². The number of aryl methyl sites for hydroxylation is 2. The number of furan rings is 1. The molecule has 0 spiro atoms. The molecule has 1 aliphatic heterocycles. The maximum atomic E-state index is 12.9. The monoisotopic (exact) mass is 393 g/mol. The van der Waals surface area contributed by atoms with Gasteiger partial charge in [-0.15, -0.1) is 0 Å². The van der Waals surface area contributed by atoms with Crippen LogP contribution in [-0.2, 0) is 16.6 Å². The van der Waals surface area contributed by atoms with Crippen molar-refractivity contribution in [2.24, 2.45) is 0 Å². The average molecular weight is 394 g/mol. The highest BCUT2D eigenvalue weighted by Gasteiger charge is 2.30. The van der Waals surface area contributed by atoms with Crippen LogP contribution in [0.1, 0.15) is 16.9 Å². The zero-order valence-electron chi connectivity index (χ0n) is 14.9. The number of thiocarbonyl (C=S) groups is 1. The van der Waals surface area contributed by atoms with Crippen molar-refractivity contribution in [3.05, 3.63) is 53.5 Å². The normalized spacial score (nSPS) is 15.8. The SMILES string of the molecule is Cc1ccc(S(=O)(=O)N2CCN(C(=S)NCc3ccco3)CC2)c(C)c1. The lowest BCUT2D eigenvalue weighted by Gasteiger charge is -2.35. The highest BCUT2D eigenvalue weighted by molar-refractivity contribution is 7.89. The van der Waals surface area contributed by atoms with E-state index in [0.717, 1.165) is 16.9 Å². The molecule has 0 aliphatic carbocycles. The minimum absolute atomic E-state index is 0.384. The van der Waals surface area contributed by atoms with Crippen LogP contribution in [0.3, 0.4) is 0 Å². The molecule has 0 radical (unpaired) electrons. The number of benzene rings is 1. The first-order chi connectivity index (χ1) is 12.4. The van der Waals surface area contributed by atoms with E-state index in [9.17, 15) is 8.42 Å². The molecule has 1 aliphatic rings. The molecule has 1 aromatic carbocycles. The number of hydrogen-bond acceptors (Lipinski definition) is 4. The van der Waals surface area contributed by atoms with Crippen molar-refractivity contribution >= 4 is 27.4 Å². The standard InChI is InChI=1S/C18H23N3O3S2/c1-14-5-6-17(15(2)12-14)26(22,23)21-9-7-20(8-10-21)18(25)19-13-16-4-3-11-24-16/h3-6,11-12H,7-10,13H2,1-2H3,(H,19,25). The van der Waals surface area contributed by atoms with Gasteiger partial charge in [-0.25, -0.2) is 8.42 Å². The van der Waals surface area contributed by atoms with Gasteiger partial charge >= 0.3 is 0 Å². The van der Waals surface area contributed by atoms with Crippen molar-refractivity contribution in [1.82, 2.24) is 14.5 Å². The molecule has 0 atom stereocenters. The molecule has 1 N–H and O–H groups in total. The minimum atomic E-state index is -3.48. The maximum absolute atomic E-state index is 12.9. The first kappa shape index (κ1) is 18.9. The van der Waals surface area contributed by atoms with Crippen molar-refractivity contribution in [2.45, 2.75) is 25.3 Å². The number of piperazine rings is 1. The lowest BCUT2D eigenvalue weighted by Crippen LogP contribution is -2.52. The minimum Gasteiger partial charge on any atom is -0.467 e. The number of rotatable bonds is 4. The molecular formula is C18H23N3O3S2. The van der Waals surface area contributed by atoms with Gasteiger partial charge in [0.15, 0.2) is 5.11 Å². The third-order valence-corrected chi connectivity index (χ3v) is 6.93. The largest absolute Gasteiger partial charge is 0.467 e. The van der Waals surface area contributed by atoms with Gasteiger partial charge in [0.25, 0.3) is 0 Å². The summed E-state index contributed by atoms with van der Waals surface area (Å²) < 4.78 is 32.7. The Balaban J connectivity index is 1.59. The van der Waals surface area contributed by atoms with E-state index in [0.29, 0.717) is 42.7 Å². The molecule has 1 aromatic heterocycles. The molecule has 26 heavy (non-hydrogen) atoms. The van der Waals surface area contributed by atoms with Gasteiger partial charge in [-0.2, -0.15) is 4.31 Å². The zero-order chi connectivity index (χ0) is 18.7. The molecule has 0 bridgehead atoms. The van der Waals surface area contributed by atoms with E-state index in [2.05, 4.69) is 5.32 Å². The Morgan fingerprint density at radius 2 is 1.92 bits per heavy atom. The second-order valence-electron chi connectivity index (χ2n) is 6.40. The van der Waals surface area contributed by atoms with Crippen molar-refractivity contribution in [3.63, 3.8) is 0 Å². The summed E-state index contributed by atoms with van der Waals surface area (Å²) in [6, 6.07) is 9.14. The summed E-state index contributed by atoms with van der Waals surface area (Å²) in [6.45, 7) is 6.27. The molecule has 1 fully saturated rings. The van der Waals surface area contributed by atoms with E-state index < -0.39 is 10.0 Å². The van der Waals surface area contributed by atoms with E-state index >= 15 is 0 Å². The Kier molecular flexibility index (Phi) is 5.64. The fourth-order valence-electron chi connectivity index (χ4n) is 3.05. The Morgan fingerprint density at radius 1 is 1.19 bits per heavy atom. The molecule has 0 saturated carbocycles. The van der Waals surface area contributed by atoms with Gasteiger partial charge in [0.05, 0.1) is 17.7 Å². The molecule has 6 nitrogen and oxygen atoms in total. The number of nitrogens with one attached hydrogen (secondary N) is 1. The fraction of sp³-hybridized carbons (Fsp3) is 0.389. The van der Waals surface area contributed by atoms with Crippen LogP contribution in [0.15, 0.2) is 45.9 Å². The van der Waals surface area contributed by atoms with E-state index in [1.165, 1.54) is 4.31 Å².